The Hall–Kier alpha value is -3.94. The molecule has 0 unspecified atom stereocenters. The first kappa shape index (κ1) is 15.6. The first-order valence-electron chi connectivity index (χ1n) is 7.68. The van der Waals surface area contributed by atoms with Gasteiger partial charge in [-0.15, -0.1) is 0 Å². The molecule has 8 heteroatoms. The SMILES string of the molecule is O=C(O[n+]1cccc2ncccc21)C(=O)O[n+]1cccc2ncccc21. The van der Waals surface area contributed by atoms with Crippen LogP contribution in [0.4, 0.5) is 0 Å². The van der Waals surface area contributed by atoms with Crippen molar-refractivity contribution < 1.29 is 28.7 Å². The van der Waals surface area contributed by atoms with Crippen LogP contribution in [0, 0.1) is 0 Å². The number of nitrogens with zero attached hydrogens (tertiary/aromatic N) is 4. The quantitative estimate of drug-likeness (QED) is 0.373. The smallest absolute Gasteiger partial charge is 0.250 e. The maximum atomic E-state index is 12.1. The number of aromatic nitrogens is 4. The molecule has 4 heterocycles. The van der Waals surface area contributed by atoms with Crippen LogP contribution in [-0.4, -0.2) is 21.9 Å². The Balaban J connectivity index is 1.57. The average Bonchev–Trinajstić information content (AvgIpc) is 2.68. The van der Waals surface area contributed by atoms with Crippen LogP contribution in [-0.2, 0) is 9.59 Å². The van der Waals surface area contributed by atoms with Crippen molar-refractivity contribution in [2.24, 2.45) is 0 Å². The second-order valence-electron chi connectivity index (χ2n) is 5.24. The van der Waals surface area contributed by atoms with Gasteiger partial charge in [-0.2, -0.15) is 9.68 Å². The minimum absolute atomic E-state index is 0.540. The van der Waals surface area contributed by atoms with E-state index in [4.69, 9.17) is 9.68 Å². The zero-order valence-corrected chi connectivity index (χ0v) is 13.4. The zero-order chi connectivity index (χ0) is 17.9. The van der Waals surface area contributed by atoms with Crippen LogP contribution in [0.3, 0.4) is 0 Å². The molecule has 26 heavy (non-hydrogen) atoms. The third-order valence-corrected chi connectivity index (χ3v) is 3.59. The highest BCUT2D eigenvalue weighted by atomic mass is 16.7. The van der Waals surface area contributed by atoms with E-state index in [0.29, 0.717) is 22.1 Å². The molecule has 4 aromatic heterocycles. The Kier molecular flexibility index (Phi) is 3.91. The van der Waals surface area contributed by atoms with Gasteiger partial charge in [-0.25, -0.2) is 19.6 Å². The predicted octanol–water partition coefficient (Wildman–Crippen LogP) is -0.0314. The Morgan fingerprint density at radius 1 is 0.692 bits per heavy atom. The average molecular weight is 348 g/mol. The minimum atomic E-state index is -1.17. The number of pyridine rings is 4. The number of carbonyl (C=O) groups excluding carboxylic acids is 2. The molecule has 4 aromatic rings. The summed E-state index contributed by atoms with van der Waals surface area (Å²) in [6.07, 6.45) is 6.25. The maximum absolute atomic E-state index is 12.1. The Morgan fingerprint density at radius 2 is 1.15 bits per heavy atom. The third kappa shape index (κ3) is 2.91. The summed E-state index contributed by atoms with van der Waals surface area (Å²) in [5, 5.41) is 0. The van der Waals surface area contributed by atoms with Gasteiger partial charge in [-0.05, 0) is 24.3 Å². The molecule has 126 valence electrons. The van der Waals surface area contributed by atoms with Gasteiger partial charge in [0.2, 0.25) is 12.4 Å². The van der Waals surface area contributed by atoms with Crippen molar-refractivity contribution >= 4 is 34.0 Å². The standard InChI is InChI=1S/C18H12N4O4/c23-17(25-21-11-3-5-13-15(21)7-1-9-19-13)18(24)26-22-12-4-6-14-16(22)8-2-10-20-14/h1-12H/q+2. The molecule has 4 rings (SSSR count). The molecule has 0 aliphatic rings. The van der Waals surface area contributed by atoms with Crippen molar-refractivity contribution in [3.05, 3.63) is 73.3 Å². The Bertz CT molecular complexity index is 1040. The molecule has 0 amide bonds. The number of hydrogen-bond donors (Lipinski definition) is 0. The van der Waals surface area contributed by atoms with Gasteiger partial charge in [0.15, 0.2) is 0 Å². The van der Waals surface area contributed by atoms with Gasteiger partial charge in [0, 0.05) is 46.1 Å². The van der Waals surface area contributed by atoms with E-state index in [1.807, 2.05) is 0 Å². The van der Waals surface area contributed by atoms with Gasteiger partial charge >= 0.3 is 11.9 Å². The van der Waals surface area contributed by atoms with Crippen LogP contribution in [0.15, 0.2) is 73.3 Å². The van der Waals surface area contributed by atoms with Crippen LogP contribution in [0.1, 0.15) is 0 Å². The zero-order valence-electron chi connectivity index (χ0n) is 13.4. The van der Waals surface area contributed by atoms with Crippen molar-refractivity contribution in [3.63, 3.8) is 0 Å². The third-order valence-electron chi connectivity index (χ3n) is 3.59. The van der Waals surface area contributed by atoms with Crippen LogP contribution in [0.5, 0.6) is 0 Å². The molecule has 0 spiro atoms. The van der Waals surface area contributed by atoms with E-state index in [9.17, 15) is 9.59 Å². The van der Waals surface area contributed by atoms with E-state index in [2.05, 4.69) is 9.97 Å². The lowest BCUT2D eigenvalue weighted by atomic mass is 10.3. The lowest BCUT2D eigenvalue weighted by Crippen LogP contribution is -2.54. The van der Waals surface area contributed by atoms with Crippen molar-refractivity contribution in [3.8, 4) is 0 Å². The summed E-state index contributed by atoms with van der Waals surface area (Å²) in [6, 6.07) is 13.7. The second kappa shape index (κ2) is 6.52. The summed E-state index contributed by atoms with van der Waals surface area (Å²) in [4.78, 5) is 42.8. The number of fused-ring (bicyclic) bond motifs is 2. The molecule has 0 atom stereocenters. The van der Waals surface area contributed by atoms with E-state index < -0.39 is 11.9 Å². The highest BCUT2D eigenvalue weighted by Gasteiger charge is 2.30. The first-order chi connectivity index (χ1) is 12.7. The molecule has 0 aliphatic heterocycles. The van der Waals surface area contributed by atoms with Crippen molar-refractivity contribution in [1.29, 1.82) is 0 Å². The van der Waals surface area contributed by atoms with Crippen LogP contribution < -0.4 is 19.1 Å². The number of hydrogen-bond acceptors (Lipinski definition) is 6. The van der Waals surface area contributed by atoms with Gasteiger partial charge in [-0.1, -0.05) is 0 Å². The number of carbonyl (C=O) groups is 2. The number of rotatable bonds is 2. The van der Waals surface area contributed by atoms with Gasteiger partial charge in [0.25, 0.3) is 11.0 Å². The summed E-state index contributed by atoms with van der Waals surface area (Å²) >= 11 is 0. The fourth-order valence-electron chi connectivity index (χ4n) is 2.45. The topological polar surface area (TPSA) is 86.1 Å². The molecular formula is C18H12N4O4+2. The lowest BCUT2D eigenvalue weighted by molar-refractivity contribution is -0.855. The van der Waals surface area contributed by atoms with Crippen molar-refractivity contribution in [2.45, 2.75) is 0 Å². The van der Waals surface area contributed by atoms with Crippen molar-refractivity contribution in [2.75, 3.05) is 0 Å². The predicted molar refractivity (Wildman–Crippen MR) is 87.1 cm³/mol. The fraction of sp³-hybridized carbons (Fsp3) is 0. The van der Waals surface area contributed by atoms with Gasteiger partial charge in [0.05, 0.1) is 0 Å². The van der Waals surface area contributed by atoms with Crippen LogP contribution in [0.2, 0.25) is 0 Å². The van der Waals surface area contributed by atoms with E-state index in [1.165, 1.54) is 21.9 Å². The van der Waals surface area contributed by atoms with Crippen molar-refractivity contribution in [1.82, 2.24) is 9.97 Å². The molecule has 8 nitrogen and oxygen atoms in total. The molecule has 0 radical (unpaired) electrons. The van der Waals surface area contributed by atoms with E-state index in [-0.39, 0.29) is 0 Å². The van der Waals surface area contributed by atoms with E-state index in [1.54, 1.807) is 60.9 Å². The van der Waals surface area contributed by atoms with Gasteiger partial charge in [0.1, 0.15) is 11.0 Å². The molecule has 0 N–H and O–H groups in total. The summed E-state index contributed by atoms with van der Waals surface area (Å²) < 4.78 is 2.34. The highest BCUT2D eigenvalue weighted by Crippen LogP contribution is 2.04. The summed E-state index contributed by atoms with van der Waals surface area (Å²) in [5.41, 5.74) is 2.31. The molecule has 0 bridgehead atoms. The Morgan fingerprint density at radius 3 is 1.62 bits per heavy atom. The summed E-state index contributed by atoms with van der Waals surface area (Å²) in [7, 11) is 0. The normalized spacial score (nSPS) is 10.6. The fourth-order valence-corrected chi connectivity index (χ4v) is 2.45. The minimum Gasteiger partial charge on any atom is -0.250 e. The lowest BCUT2D eigenvalue weighted by Gasteiger charge is -1.99. The van der Waals surface area contributed by atoms with E-state index in [0.717, 1.165) is 0 Å². The Labute approximate surface area is 146 Å². The van der Waals surface area contributed by atoms with Crippen LogP contribution in [0.25, 0.3) is 22.1 Å². The van der Waals surface area contributed by atoms with Gasteiger partial charge < -0.3 is 0 Å². The van der Waals surface area contributed by atoms with E-state index >= 15 is 0 Å². The van der Waals surface area contributed by atoms with Crippen LogP contribution >= 0.6 is 0 Å². The molecular weight excluding hydrogens is 336 g/mol. The molecule has 0 aliphatic carbocycles. The molecule has 0 saturated carbocycles. The maximum Gasteiger partial charge on any atom is 0.494 e. The summed E-state index contributed by atoms with van der Waals surface area (Å²) in [5.74, 6) is -2.33. The molecule has 0 aromatic carbocycles. The van der Waals surface area contributed by atoms with Gasteiger partial charge in [-0.3, -0.25) is 0 Å². The largest absolute Gasteiger partial charge is 0.494 e. The molecule has 0 fully saturated rings. The first-order valence-corrected chi connectivity index (χ1v) is 7.68. The summed E-state index contributed by atoms with van der Waals surface area (Å²) in [6.45, 7) is 0. The second-order valence-corrected chi connectivity index (χ2v) is 5.24. The monoisotopic (exact) mass is 348 g/mol. The molecule has 0 saturated heterocycles. The highest BCUT2D eigenvalue weighted by molar-refractivity contribution is 6.29.